The highest BCUT2D eigenvalue weighted by atomic mass is 19.1. The van der Waals surface area contributed by atoms with E-state index in [9.17, 15) is 9.59 Å². The van der Waals surface area contributed by atoms with Crippen molar-refractivity contribution in [3.05, 3.63) is 54.9 Å². The van der Waals surface area contributed by atoms with Gasteiger partial charge in [0.05, 0.1) is 23.1 Å². The number of carbonyl (C=O) groups is 2. The van der Waals surface area contributed by atoms with Gasteiger partial charge in [-0.1, -0.05) is 0 Å². The second-order valence-electron chi connectivity index (χ2n) is 18.9. The lowest BCUT2D eigenvalue weighted by Crippen LogP contribution is -2.61. The van der Waals surface area contributed by atoms with Crippen LogP contribution in [0.15, 0.2) is 49.1 Å². The van der Waals surface area contributed by atoms with E-state index in [1.54, 1.807) is 17.0 Å². The lowest BCUT2D eigenvalue weighted by Gasteiger charge is -2.50. The van der Waals surface area contributed by atoms with Crippen molar-refractivity contribution in [1.82, 2.24) is 44.8 Å². The molecule has 2 N–H and O–H groups in total. The molecule has 5 aliphatic rings. The lowest BCUT2D eigenvalue weighted by molar-refractivity contribution is -0.135. The van der Waals surface area contributed by atoms with Crippen LogP contribution in [0, 0.1) is 17.7 Å². The zero-order valence-corrected chi connectivity index (χ0v) is 35.0. The number of nitrogens with zero attached hydrogens (tertiary/aromatic N) is 9. The molecule has 10 rings (SSSR count). The number of halogens is 1. The lowest BCUT2D eigenvalue weighted by atomic mass is 9.90. The number of aromatic amines is 1. The van der Waals surface area contributed by atoms with E-state index in [1.807, 2.05) is 18.2 Å². The average molecular weight is 818 g/mol. The van der Waals surface area contributed by atoms with E-state index < -0.39 is 11.9 Å². The Bertz CT molecular complexity index is 2410. The number of benzene rings is 2. The summed E-state index contributed by atoms with van der Waals surface area (Å²) in [6.45, 7) is 16.1. The minimum Gasteiger partial charge on any atom is -0.488 e. The number of hydrogen-bond acceptors (Lipinski definition) is 11. The van der Waals surface area contributed by atoms with Crippen molar-refractivity contribution in [3.8, 4) is 17.1 Å². The summed E-state index contributed by atoms with van der Waals surface area (Å²) in [5.74, 6) is 1.99. The Morgan fingerprint density at radius 1 is 0.850 bits per heavy atom. The van der Waals surface area contributed by atoms with E-state index in [0.717, 1.165) is 137 Å². The van der Waals surface area contributed by atoms with Gasteiger partial charge in [0.15, 0.2) is 5.82 Å². The molecule has 15 heteroatoms. The van der Waals surface area contributed by atoms with Gasteiger partial charge in [0.25, 0.3) is 0 Å². The molecule has 316 valence electrons. The molecule has 2 amide bonds. The number of imide groups is 1. The van der Waals surface area contributed by atoms with Crippen LogP contribution in [0.5, 0.6) is 5.75 Å². The number of piperazine rings is 1. The van der Waals surface area contributed by atoms with Gasteiger partial charge in [-0.25, -0.2) is 19.3 Å². The third kappa shape index (κ3) is 7.81. The molecule has 1 saturated carbocycles. The SMILES string of the molecule is CC1(Oc2ccc3[nH]nc(-c4cc(N5CCC(CN6CCN(CC7CCN(c8cc(F)c9c(c8)ncn9C8CCC(=O)NC8=O)CC7)CC6(C)C)CC5)ncn4)c3c2)CC1. The Hall–Kier alpha value is -5.15. The smallest absolute Gasteiger partial charge is 0.249 e. The highest BCUT2D eigenvalue weighted by molar-refractivity contribution is 6.00. The zero-order valence-electron chi connectivity index (χ0n) is 35.0. The number of carbonyl (C=O) groups excluding carboxylic acids is 2. The van der Waals surface area contributed by atoms with E-state index in [1.165, 1.54) is 6.33 Å². The van der Waals surface area contributed by atoms with Gasteiger partial charge >= 0.3 is 0 Å². The average Bonchev–Trinajstić information content (AvgIpc) is 3.58. The summed E-state index contributed by atoms with van der Waals surface area (Å²) in [6.07, 6.45) is 10.3. The molecule has 0 spiro atoms. The highest BCUT2D eigenvalue weighted by Crippen LogP contribution is 2.41. The van der Waals surface area contributed by atoms with Crippen LogP contribution < -0.4 is 19.9 Å². The molecule has 60 heavy (non-hydrogen) atoms. The molecule has 5 aromatic rings. The van der Waals surface area contributed by atoms with E-state index in [4.69, 9.17) is 9.72 Å². The summed E-state index contributed by atoms with van der Waals surface area (Å²) in [6, 6.07) is 11.1. The molecule has 0 bridgehead atoms. The molecule has 4 saturated heterocycles. The fourth-order valence-electron chi connectivity index (χ4n) is 10.1. The molecule has 14 nitrogen and oxygen atoms in total. The van der Waals surface area contributed by atoms with Crippen LogP contribution in [-0.4, -0.2) is 121 Å². The number of hydrogen-bond donors (Lipinski definition) is 2. The van der Waals surface area contributed by atoms with Gasteiger partial charge in [0, 0.05) is 88.0 Å². The van der Waals surface area contributed by atoms with Gasteiger partial charge in [-0.2, -0.15) is 5.10 Å². The van der Waals surface area contributed by atoms with E-state index >= 15 is 4.39 Å². The van der Waals surface area contributed by atoms with Crippen LogP contribution in [0.4, 0.5) is 15.9 Å². The summed E-state index contributed by atoms with van der Waals surface area (Å²) in [5.41, 5.74) is 4.34. The van der Waals surface area contributed by atoms with Gasteiger partial charge in [-0.05, 0) is 108 Å². The Labute approximate surface area is 349 Å². The largest absolute Gasteiger partial charge is 0.488 e. The normalized spacial score (nSPS) is 23.1. The predicted octanol–water partition coefficient (Wildman–Crippen LogP) is 5.95. The number of aromatic nitrogens is 6. The quantitative estimate of drug-likeness (QED) is 0.162. The second-order valence-corrected chi connectivity index (χ2v) is 18.9. The van der Waals surface area contributed by atoms with Gasteiger partial charge < -0.3 is 19.1 Å². The molecule has 0 radical (unpaired) electrons. The first-order valence-corrected chi connectivity index (χ1v) is 21.9. The molecular formula is C45H56FN11O3. The van der Waals surface area contributed by atoms with Crippen molar-refractivity contribution in [2.75, 3.05) is 68.7 Å². The van der Waals surface area contributed by atoms with Crippen LogP contribution in [-0.2, 0) is 9.59 Å². The van der Waals surface area contributed by atoms with E-state index in [2.05, 4.69) is 78.0 Å². The molecule has 7 heterocycles. The van der Waals surface area contributed by atoms with Crippen molar-refractivity contribution in [1.29, 1.82) is 0 Å². The number of imidazole rings is 1. The van der Waals surface area contributed by atoms with Crippen molar-refractivity contribution in [2.24, 2.45) is 11.8 Å². The number of H-pyrrole nitrogens is 1. The van der Waals surface area contributed by atoms with Crippen LogP contribution in [0.1, 0.15) is 78.2 Å². The topological polar surface area (TPSA) is 141 Å². The van der Waals surface area contributed by atoms with E-state index in [-0.39, 0.29) is 29.3 Å². The zero-order chi connectivity index (χ0) is 41.2. The molecule has 2 aromatic carbocycles. The standard InChI is InChI=1S/C45H56FN11O3/c1-44(2)26-53(24-29-8-14-54(15-9-29)31-20-34(46)42-37(21-31)49-28-57(42)38-6-7-40(58)50-43(38)59)18-19-56(44)25-30-10-16-55(17-11-30)39-23-36(47-27-48-39)41-33-22-32(60-45(3)12-13-45)4-5-35(33)51-52-41/h4-5,20-23,27-30,38H,6-19,24-26H2,1-3H3,(H,51,52)(H,50,58,59). The number of nitrogens with one attached hydrogen (secondary N) is 2. The third-order valence-corrected chi connectivity index (χ3v) is 14.0. The number of anilines is 2. The molecule has 1 atom stereocenters. The summed E-state index contributed by atoms with van der Waals surface area (Å²) >= 11 is 0. The molecular weight excluding hydrogens is 762 g/mol. The summed E-state index contributed by atoms with van der Waals surface area (Å²) < 4.78 is 23.4. The van der Waals surface area contributed by atoms with Crippen molar-refractivity contribution >= 4 is 45.3 Å². The number of amides is 2. The van der Waals surface area contributed by atoms with Crippen molar-refractivity contribution < 1.29 is 18.7 Å². The van der Waals surface area contributed by atoms with Gasteiger partial charge in [-0.15, -0.1) is 0 Å². The van der Waals surface area contributed by atoms with Crippen LogP contribution >= 0.6 is 0 Å². The van der Waals surface area contributed by atoms with Gasteiger partial charge in [-0.3, -0.25) is 29.8 Å². The number of rotatable bonds is 10. The Balaban J connectivity index is 0.698. The highest BCUT2D eigenvalue weighted by Gasteiger charge is 2.40. The van der Waals surface area contributed by atoms with Crippen LogP contribution in [0.2, 0.25) is 0 Å². The summed E-state index contributed by atoms with van der Waals surface area (Å²) in [4.78, 5) is 48.0. The minimum atomic E-state index is -0.638. The first-order valence-electron chi connectivity index (χ1n) is 21.9. The maximum absolute atomic E-state index is 15.6. The van der Waals surface area contributed by atoms with Crippen molar-refractivity contribution in [3.63, 3.8) is 0 Å². The minimum absolute atomic E-state index is 0.0430. The maximum atomic E-state index is 15.6. The maximum Gasteiger partial charge on any atom is 0.249 e. The fraction of sp³-hybridized carbons (Fsp3) is 0.556. The first kappa shape index (κ1) is 39.0. The number of ether oxygens (including phenoxy) is 1. The summed E-state index contributed by atoms with van der Waals surface area (Å²) in [5, 5.41) is 11.2. The molecule has 1 aliphatic carbocycles. The van der Waals surface area contributed by atoms with Gasteiger partial charge in [0.2, 0.25) is 11.8 Å². The molecule has 1 unspecified atom stereocenters. The fourth-order valence-corrected chi connectivity index (χ4v) is 10.1. The van der Waals surface area contributed by atoms with Gasteiger partial charge in [0.1, 0.15) is 40.7 Å². The van der Waals surface area contributed by atoms with Crippen LogP contribution in [0.3, 0.4) is 0 Å². The third-order valence-electron chi connectivity index (χ3n) is 14.0. The Morgan fingerprint density at radius 2 is 1.62 bits per heavy atom. The Morgan fingerprint density at radius 3 is 2.37 bits per heavy atom. The Kier molecular flexibility index (Phi) is 10.0. The summed E-state index contributed by atoms with van der Waals surface area (Å²) in [7, 11) is 0. The predicted molar refractivity (Wildman–Crippen MR) is 228 cm³/mol. The molecule has 4 aliphatic heterocycles. The van der Waals surface area contributed by atoms with Crippen LogP contribution in [0.25, 0.3) is 33.3 Å². The molecule has 3 aromatic heterocycles. The van der Waals surface area contributed by atoms with Crippen molar-refractivity contribution in [2.45, 2.75) is 89.3 Å². The van der Waals surface area contributed by atoms with E-state index in [0.29, 0.717) is 29.3 Å². The first-order chi connectivity index (χ1) is 29.0. The second kappa shape index (κ2) is 15.4. The molecule has 5 fully saturated rings. The monoisotopic (exact) mass is 817 g/mol. The number of fused-ring (bicyclic) bond motifs is 2. The number of piperidine rings is 3.